The molecule has 1 saturated carbocycles. The Morgan fingerprint density at radius 1 is 1.29 bits per heavy atom. The highest BCUT2D eigenvalue weighted by atomic mass is 16.5. The molecule has 0 bridgehead atoms. The largest absolute Gasteiger partial charge is 0.480 e. The van der Waals surface area contributed by atoms with Crippen molar-refractivity contribution in [3.05, 3.63) is 0 Å². The monoisotopic (exact) mass is 243 g/mol. The fraction of sp³-hybridized carbons (Fsp3) is 0.833. The highest BCUT2D eigenvalue weighted by Gasteiger charge is 2.26. The SMILES string of the molecule is COCCN(CC(=O)O)C(=O)C1CCCCC1. The molecule has 1 amide bonds. The number of aliphatic carboxylic acids is 1. The summed E-state index contributed by atoms with van der Waals surface area (Å²) in [5, 5.41) is 8.80. The molecule has 1 N–H and O–H groups in total. The van der Waals surface area contributed by atoms with Crippen molar-refractivity contribution in [1.29, 1.82) is 0 Å². The molecule has 0 spiro atoms. The summed E-state index contributed by atoms with van der Waals surface area (Å²) in [6.45, 7) is 0.516. The molecule has 17 heavy (non-hydrogen) atoms. The van der Waals surface area contributed by atoms with E-state index in [9.17, 15) is 9.59 Å². The lowest BCUT2D eigenvalue weighted by Gasteiger charge is -2.28. The third kappa shape index (κ3) is 4.73. The van der Waals surface area contributed by atoms with Gasteiger partial charge in [0.05, 0.1) is 6.61 Å². The molecule has 1 aliphatic carbocycles. The van der Waals surface area contributed by atoms with Gasteiger partial charge in [-0.3, -0.25) is 9.59 Å². The van der Waals surface area contributed by atoms with Crippen LogP contribution in [0.3, 0.4) is 0 Å². The molecule has 0 saturated heterocycles. The quantitative estimate of drug-likeness (QED) is 0.759. The molecule has 0 aromatic carbocycles. The molecular formula is C12H21NO4. The number of hydrogen-bond donors (Lipinski definition) is 1. The van der Waals surface area contributed by atoms with Gasteiger partial charge >= 0.3 is 5.97 Å². The minimum atomic E-state index is -0.967. The number of carbonyl (C=O) groups excluding carboxylic acids is 1. The van der Waals surface area contributed by atoms with Crippen molar-refractivity contribution in [3.8, 4) is 0 Å². The third-order valence-corrected chi connectivity index (χ3v) is 3.16. The first-order valence-electron chi connectivity index (χ1n) is 6.14. The minimum Gasteiger partial charge on any atom is -0.480 e. The molecule has 0 aromatic heterocycles. The van der Waals surface area contributed by atoms with Gasteiger partial charge < -0.3 is 14.7 Å². The van der Waals surface area contributed by atoms with Crippen LogP contribution in [0.5, 0.6) is 0 Å². The Morgan fingerprint density at radius 3 is 2.47 bits per heavy atom. The Morgan fingerprint density at radius 2 is 1.94 bits per heavy atom. The first-order chi connectivity index (χ1) is 8.15. The predicted molar refractivity (Wildman–Crippen MR) is 62.7 cm³/mol. The normalized spacial score (nSPS) is 16.8. The zero-order chi connectivity index (χ0) is 12.7. The molecule has 1 aliphatic rings. The number of carboxylic acid groups (broad SMARTS) is 1. The van der Waals surface area contributed by atoms with E-state index < -0.39 is 5.97 Å². The van der Waals surface area contributed by atoms with Crippen LogP contribution in [0.15, 0.2) is 0 Å². The van der Waals surface area contributed by atoms with E-state index in [1.165, 1.54) is 11.3 Å². The van der Waals surface area contributed by atoms with Crippen LogP contribution in [0, 0.1) is 5.92 Å². The lowest BCUT2D eigenvalue weighted by molar-refractivity contribution is -0.147. The summed E-state index contributed by atoms with van der Waals surface area (Å²) in [7, 11) is 1.55. The van der Waals surface area contributed by atoms with Gasteiger partial charge in [-0.25, -0.2) is 0 Å². The molecule has 0 unspecified atom stereocenters. The summed E-state index contributed by atoms with van der Waals surface area (Å²) in [5.74, 6) is -0.977. The van der Waals surface area contributed by atoms with Crippen molar-refractivity contribution in [3.63, 3.8) is 0 Å². The average molecular weight is 243 g/mol. The first-order valence-corrected chi connectivity index (χ1v) is 6.14. The number of nitrogens with zero attached hydrogens (tertiary/aromatic N) is 1. The number of methoxy groups -OCH3 is 1. The zero-order valence-corrected chi connectivity index (χ0v) is 10.4. The number of ether oxygens (including phenoxy) is 1. The molecule has 0 aliphatic heterocycles. The zero-order valence-electron chi connectivity index (χ0n) is 10.4. The van der Waals surface area contributed by atoms with Crippen LogP contribution in [0.1, 0.15) is 32.1 Å². The standard InChI is InChI=1S/C12H21NO4/c1-17-8-7-13(9-11(14)15)12(16)10-5-3-2-4-6-10/h10H,2-9H2,1H3,(H,14,15). The summed E-state index contributed by atoms with van der Waals surface area (Å²) < 4.78 is 4.90. The van der Waals surface area contributed by atoms with E-state index in [-0.39, 0.29) is 18.4 Å². The summed E-state index contributed by atoms with van der Waals surface area (Å²) in [6.07, 6.45) is 5.11. The van der Waals surface area contributed by atoms with Gasteiger partial charge in [0.1, 0.15) is 6.54 Å². The Hall–Kier alpha value is -1.10. The van der Waals surface area contributed by atoms with E-state index in [0.717, 1.165) is 25.7 Å². The van der Waals surface area contributed by atoms with Gasteiger partial charge in [0, 0.05) is 19.6 Å². The topological polar surface area (TPSA) is 66.8 Å². The number of carbonyl (C=O) groups is 2. The van der Waals surface area contributed by atoms with Gasteiger partial charge in [0.2, 0.25) is 5.91 Å². The van der Waals surface area contributed by atoms with Crippen LogP contribution in [0.25, 0.3) is 0 Å². The van der Waals surface area contributed by atoms with E-state index >= 15 is 0 Å². The Kier molecular flexibility index (Phi) is 5.97. The second-order valence-electron chi connectivity index (χ2n) is 4.48. The summed E-state index contributed by atoms with van der Waals surface area (Å²) in [6, 6.07) is 0. The average Bonchev–Trinajstić information content (AvgIpc) is 2.34. The van der Waals surface area contributed by atoms with Crippen LogP contribution < -0.4 is 0 Å². The molecule has 0 atom stereocenters. The molecule has 98 valence electrons. The van der Waals surface area contributed by atoms with E-state index in [1.807, 2.05) is 0 Å². The second-order valence-corrected chi connectivity index (χ2v) is 4.48. The van der Waals surface area contributed by atoms with Gasteiger partial charge in [0.25, 0.3) is 0 Å². The maximum absolute atomic E-state index is 12.1. The maximum Gasteiger partial charge on any atom is 0.323 e. The van der Waals surface area contributed by atoms with E-state index in [0.29, 0.717) is 13.2 Å². The minimum absolute atomic E-state index is 0.0138. The van der Waals surface area contributed by atoms with Crippen molar-refractivity contribution in [2.45, 2.75) is 32.1 Å². The molecule has 5 nitrogen and oxygen atoms in total. The lowest BCUT2D eigenvalue weighted by Crippen LogP contribution is -2.42. The first kappa shape index (κ1) is 14.0. The summed E-state index contributed by atoms with van der Waals surface area (Å²) in [5.41, 5.74) is 0. The van der Waals surface area contributed by atoms with Gasteiger partial charge in [-0.05, 0) is 12.8 Å². The molecule has 0 radical (unpaired) electrons. The van der Waals surface area contributed by atoms with Crippen LogP contribution in [-0.2, 0) is 14.3 Å². The third-order valence-electron chi connectivity index (χ3n) is 3.16. The van der Waals surface area contributed by atoms with Crippen LogP contribution in [-0.4, -0.2) is 48.7 Å². The van der Waals surface area contributed by atoms with Gasteiger partial charge in [-0.2, -0.15) is 0 Å². The fourth-order valence-electron chi connectivity index (χ4n) is 2.24. The summed E-state index contributed by atoms with van der Waals surface area (Å²) >= 11 is 0. The molecule has 0 aromatic rings. The molecule has 1 fully saturated rings. The van der Waals surface area contributed by atoms with Crippen LogP contribution in [0.4, 0.5) is 0 Å². The number of carboxylic acids is 1. The van der Waals surface area contributed by atoms with Crippen LogP contribution in [0.2, 0.25) is 0 Å². The van der Waals surface area contributed by atoms with Crippen molar-refractivity contribution in [2.24, 2.45) is 5.92 Å². The fourth-order valence-corrected chi connectivity index (χ4v) is 2.24. The second kappa shape index (κ2) is 7.27. The molecule has 0 heterocycles. The predicted octanol–water partition coefficient (Wildman–Crippen LogP) is 1.13. The molecular weight excluding hydrogens is 222 g/mol. The van der Waals surface area contributed by atoms with Crippen molar-refractivity contribution >= 4 is 11.9 Å². The van der Waals surface area contributed by atoms with Crippen molar-refractivity contribution in [2.75, 3.05) is 26.8 Å². The van der Waals surface area contributed by atoms with Crippen molar-refractivity contribution < 1.29 is 19.4 Å². The lowest BCUT2D eigenvalue weighted by atomic mass is 9.88. The van der Waals surface area contributed by atoms with Crippen molar-refractivity contribution in [1.82, 2.24) is 4.90 Å². The van der Waals surface area contributed by atoms with Gasteiger partial charge in [-0.1, -0.05) is 19.3 Å². The molecule has 5 heteroatoms. The Balaban J connectivity index is 2.53. The smallest absolute Gasteiger partial charge is 0.323 e. The van der Waals surface area contributed by atoms with Crippen LogP contribution >= 0.6 is 0 Å². The number of rotatable bonds is 6. The number of amides is 1. The van der Waals surface area contributed by atoms with Gasteiger partial charge in [-0.15, -0.1) is 0 Å². The van der Waals surface area contributed by atoms with E-state index in [1.54, 1.807) is 7.11 Å². The molecule has 1 rings (SSSR count). The van der Waals surface area contributed by atoms with E-state index in [2.05, 4.69) is 0 Å². The highest BCUT2D eigenvalue weighted by molar-refractivity contribution is 5.83. The van der Waals surface area contributed by atoms with Gasteiger partial charge in [0.15, 0.2) is 0 Å². The summed E-state index contributed by atoms with van der Waals surface area (Å²) in [4.78, 5) is 24.3. The number of hydrogen-bond acceptors (Lipinski definition) is 3. The Labute approximate surface area is 102 Å². The van der Waals surface area contributed by atoms with E-state index in [4.69, 9.17) is 9.84 Å². The highest BCUT2D eigenvalue weighted by Crippen LogP contribution is 2.25. The Bertz CT molecular complexity index is 261. The maximum atomic E-state index is 12.1.